The summed E-state index contributed by atoms with van der Waals surface area (Å²) in [4.78, 5) is 11.9. The van der Waals surface area contributed by atoms with Gasteiger partial charge in [0.2, 0.25) is 0 Å². The van der Waals surface area contributed by atoms with Crippen molar-refractivity contribution in [3.63, 3.8) is 0 Å². The molecule has 0 aromatic rings. The van der Waals surface area contributed by atoms with Gasteiger partial charge in [-0.05, 0) is 51.0 Å². The van der Waals surface area contributed by atoms with Crippen LogP contribution in [0.4, 0.5) is 0 Å². The number of nitrogens with one attached hydrogen (secondary N) is 1. The summed E-state index contributed by atoms with van der Waals surface area (Å²) in [5, 5.41) is 3.67. The minimum Gasteiger partial charge on any atom is -0.466 e. The zero-order valence-electron chi connectivity index (χ0n) is 13.8. The number of rotatable bonds is 7. The molecule has 1 saturated carbocycles. The molecule has 0 radical (unpaired) electrons. The first-order chi connectivity index (χ1) is 9.53. The Morgan fingerprint density at radius 3 is 2.65 bits per heavy atom. The first-order valence-electron chi connectivity index (χ1n) is 8.43. The number of carbonyl (C=O) groups is 1. The number of hydrogen-bond acceptors (Lipinski definition) is 3. The van der Waals surface area contributed by atoms with Gasteiger partial charge in [-0.2, -0.15) is 0 Å². The summed E-state index contributed by atoms with van der Waals surface area (Å²) in [6.45, 7) is 10.2. The molecule has 3 nitrogen and oxygen atoms in total. The fourth-order valence-electron chi connectivity index (χ4n) is 3.39. The van der Waals surface area contributed by atoms with Crippen molar-refractivity contribution >= 4 is 5.97 Å². The maximum Gasteiger partial charge on any atom is 0.307 e. The van der Waals surface area contributed by atoms with E-state index in [2.05, 4.69) is 26.1 Å². The van der Waals surface area contributed by atoms with Gasteiger partial charge in [0, 0.05) is 5.54 Å². The van der Waals surface area contributed by atoms with E-state index in [1.54, 1.807) is 0 Å². The van der Waals surface area contributed by atoms with Gasteiger partial charge in [-0.15, -0.1) is 0 Å². The van der Waals surface area contributed by atoms with Crippen LogP contribution in [0.15, 0.2) is 0 Å². The lowest BCUT2D eigenvalue weighted by Gasteiger charge is -2.33. The third-order valence-corrected chi connectivity index (χ3v) is 4.70. The van der Waals surface area contributed by atoms with Crippen LogP contribution in [0, 0.1) is 11.8 Å². The average molecular weight is 283 g/mol. The molecule has 1 rings (SSSR count). The van der Waals surface area contributed by atoms with Crippen LogP contribution >= 0.6 is 0 Å². The standard InChI is InChI=1S/C17H33NO2/c1-5-12-18-17(13-16(19)20-6-2)10-7-8-15(9-11-17)14(3)4/h14-15,18H,5-13H2,1-4H3. The molecule has 0 heterocycles. The molecule has 118 valence electrons. The van der Waals surface area contributed by atoms with E-state index < -0.39 is 0 Å². The second kappa shape index (κ2) is 8.66. The van der Waals surface area contributed by atoms with Crippen LogP contribution in [-0.4, -0.2) is 24.7 Å². The highest BCUT2D eigenvalue weighted by Crippen LogP contribution is 2.36. The Morgan fingerprint density at radius 1 is 1.30 bits per heavy atom. The van der Waals surface area contributed by atoms with E-state index in [-0.39, 0.29) is 11.5 Å². The molecular weight excluding hydrogens is 250 g/mol. The average Bonchev–Trinajstić information content (AvgIpc) is 2.60. The third kappa shape index (κ3) is 5.43. The summed E-state index contributed by atoms with van der Waals surface area (Å²) >= 11 is 0. The van der Waals surface area contributed by atoms with Gasteiger partial charge in [-0.25, -0.2) is 0 Å². The highest BCUT2D eigenvalue weighted by atomic mass is 16.5. The largest absolute Gasteiger partial charge is 0.466 e. The van der Waals surface area contributed by atoms with Crippen molar-refractivity contribution in [2.45, 2.75) is 78.2 Å². The van der Waals surface area contributed by atoms with E-state index in [0.717, 1.165) is 37.6 Å². The van der Waals surface area contributed by atoms with Crippen LogP contribution in [-0.2, 0) is 9.53 Å². The maximum absolute atomic E-state index is 11.9. The Labute approximate surface area is 124 Å². The molecule has 1 aliphatic carbocycles. The quantitative estimate of drug-likeness (QED) is 0.568. The fourth-order valence-corrected chi connectivity index (χ4v) is 3.39. The van der Waals surface area contributed by atoms with Crippen molar-refractivity contribution in [3.8, 4) is 0 Å². The molecule has 1 N–H and O–H groups in total. The minimum absolute atomic E-state index is 0.0219. The number of ether oxygens (including phenoxy) is 1. The van der Waals surface area contributed by atoms with Gasteiger partial charge in [0.25, 0.3) is 0 Å². The van der Waals surface area contributed by atoms with E-state index in [4.69, 9.17) is 4.74 Å². The number of esters is 1. The van der Waals surface area contributed by atoms with Crippen LogP contribution in [0.25, 0.3) is 0 Å². The molecule has 1 fully saturated rings. The van der Waals surface area contributed by atoms with Gasteiger partial charge in [0.15, 0.2) is 0 Å². The summed E-state index contributed by atoms with van der Waals surface area (Å²) in [7, 11) is 0. The molecule has 0 saturated heterocycles. The molecule has 0 aromatic carbocycles. The highest BCUT2D eigenvalue weighted by molar-refractivity contribution is 5.70. The molecule has 0 bridgehead atoms. The van der Waals surface area contributed by atoms with E-state index in [1.807, 2.05) is 6.92 Å². The predicted molar refractivity (Wildman–Crippen MR) is 83.7 cm³/mol. The van der Waals surface area contributed by atoms with Gasteiger partial charge < -0.3 is 10.1 Å². The van der Waals surface area contributed by atoms with E-state index in [9.17, 15) is 4.79 Å². The highest BCUT2D eigenvalue weighted by Gasteiger charge is 2.35. The van der Waals surface area contributed by atoms with Crippen molar-refractivity contribution in [1.82, 2.24) is 5.32 Å². The number of carbonyl (C=O) groups excluding carboxylic acids is 1. The Balaban J connectivity index is 2.69. The lowest BCUT2D eigenvalue weighted by Crippen LogP contribution is -2.47. The molecule has 2 unspecified atom stereocenters. The first kappa shape index (κ1) is 17.5. The SMILES string of the molecule is CCCNC1(CC(=O)OCC)CCCC(C(C)C)CC1. The zero-order chi connectivity index (χ0) is 15.0. The van der Waals surface area contributed by atoms with Gasteiger partial charge in [0.1, 0.15) is 0 Å². The van der Waals surface area contributed by atoms with Crippen LogP contribution in [0.1, 0.15) is 72.6 Å². The molecule has 0 spiro atoms. The zero-order valence-corrected chi connectivity index (χ0v) is 13.8. The van der Waals surface area contributed by atoms with Crippen LogP contribution in [0.5, 0.6) is 0 Å². The maximum atomic E-state index is 11.9. The van der Waals surface area contributed by atoms with E-state index in [0.29, 0.717) is 13.0 Å². The van der Waals surface area contributed by atoms with E-state index >= 15 is 0 Å². The van der Waals surface area contributed by atoms with Gasteiger partial charge >= 0.3 is 5.97 Å². The smallest absolute Gasteiger partial charge is 0.307 e. The van der Waals surface area contributed by atoms with Crippen LogP contribution < -0.4 is 5.32 Å². The van der Waals surface area contributed by atoms with Crippen LogP contribution in [0.3, 0.4) is 0 Å². The summed E-state index contributed by atoms with van der Waals surface area (Å²) in [5.74, 6) is 1.51. The summed E-state index contributed by atoms with van der Waals surface area (Å²) in [6, 6.07) is 0. The van der Waals surface area contributed by atoms with Crippen molar-refractivity contribution in [3.05, 3.63) is 0 Å². The van der Waals surface area contributed by atoms with Crippen molar-refractivity contribution < 1.29 is 9.53 Å². The normalized spacial score (nSPS) is 27.4. The predicted octanol–water partition coefficient (Wildman–Crippen LogP) is 3.91. The van der Waals surface area contributed by atoms with Gasteiger partial charge in [-0.1, -0.05) is 33.6 Å². The Hall–Kier alpha value is -0.570. The summed E-state index contributed by atoms with van der Waals surface area (Å²) in [6.07, 6.45) is 7.61. The molecule has 1 aliphatic rings. The van der Waals surface area contributed by atoms with Crippen molar-refractivity contribution in [1.29, 1.82) is 0 Å². The Kier molecular flexibility index (Phi) is 7.57. The molecule has 3 heteroatoms. The van der Waals surface area contributed by atoms with E-state index in [1.165, 1.54) is 19.3 Å². The van der Waals surface area contributed by atoms with Crippen molar-refractivity contribution in [2.24, 2.45) is 11.8 Å². The summed E-state index contributed by atoms with van der Waals surface area (Å²) < 4.78 is 5.19. The first-order valence-corrected chi connectivity index (χ1v) is 8.43. The Bertz CT molecular complexity index is 291. The third-order valence-electron chi connectivity index (χ3n) is 4.70. The Morgan fingerprint density at radius 2 is 2.05 bits per heavy atom. The lowest BCUT2D eigenvalue weighted by atomic mass is 9.84. The molecule has 20 heavy (non-hydrogen) atoms. The van der Waals surface area contributed by atoms with Crippen molar-refractivity contribution in [2.75, 3.05) is 13.2 Å². The van der Waals surface area contributed by atoms with Gasteiger partial charge in [-0.3, -0.25) is 4.79 Å². The number of hydrogen-bond donors (Lipinski definition) is 1. The second-order valence-electron chi connectivity index (χ2n) is 6.62. The fraction of sp³-hybridized carbons (Fsp3) is 0.941. The lowest BCUT2D eigenvalue weighted by molar-refractivity contribution is -0.145. The van der Waals surface area contributed by atoms with Crippen LogP contribution in [0.2, 0.25) is 0 Å². The topological polar surface area (TPSA) is 38.3 Å². The molecular formula is C17H33NO2. The second-order valence-corrected chi connectivity index (χ2v) is 6.62. The summed E-state index contributed by atoms with van der Waals surface area (Å²) in [5.41, 5.74) is -0.0219. The molecule has 0 aromatic heterocycles. The monoisotopic (exact) mass is 283 g/mol. The molecule has 0 aliphatic heterocycles. The molecule has 2 atom stereocenters. The minimum atomic E-state index is -0.0425. The molecule has 0 amide bonds. The van der Waals surface area contributed by atoms with Gasteiger partial charge in [0.05, 0.1) is 13.0 Å².